The molecule has 2 heterocycles. The number of rotatable bonds is 5. The molecule has 5 nitrogen and oxygen atoms in total. The van der Waals surface area contributed by atoms with Gasteiger partial charge in [0.05, 0.1) is 7.11 Å². The molecule has 1 fully saturated rings. The Morgan fingerprint density at radius 1 is 1.22 bits per heavy atom. The highest BCUT2D eigenvalue weighted by molar-refractivity contribution is 5.85. The number of carbonyl (C=O) groups excluding carboxylic acids is 1. The predicted molar refractivity (Wildman–Crippen MR) is 89.1 cm³/mol. The SMILES string of the molecule is COc1ncnc(N2CCC(Cc3ccccc3)CC2)c1C=O. The first-order valence-corrected chi connectivity index (χ1v) is 7.95. The van der Waals surface area contributed by atoms with E-state index in [9.17, 15) is 4.79 Å². The van der Waals surface area contributed by atoms with E-state index in [0.717, 1.165) is 38.6 Å². The van der Waals surface area contributed by atoms with Crippen LogP contribution in [0.1, 0.15) is 28.8 Å². The normalized spacial score (nSPS) is 15.4. The summed E-state index contributed by atoms with van der Waals surface area (Å²) in [5, 5.41) is 0. The number of aldehydes is 1. The van der Waals surface area contributed by atoms with Crippen molar-refractivity contribution in [1.82, 2.24) is 9.97 Å². The van der Waals surface area contributed by atoms with Crippen LogP contribution >= 0.6 is 0 Å². The summed E-state index contributed by atoms with van der Waals surface area (Å²) in [6.07, 6.45) is 5.54. The Morgan fingerprint density at radius 3 is 2.61 bits per heavy atom. The van der Waals surface area contributed by atoms with E-state index in [2.05, 4.69) is 45.2 Å². The molecule has 0 N–H and O–H groups in total. The quantitative estimate of drug-likeness (QED) is 0.795. The fraction of sp³-hybridized carbons (Fsp3) is 0.389. The van der Waals surface area contributed by atoms with Crippen molar-refractivity contribution in [1.29, 1.82) is 0 Å². The number of methoxy groups -OCH3 is 1. The molecule has 1 aliphatic heterocycles. The Kier molecular flexibility index (Phi) is 4.86. The van der Waals surface area contributed by atoms with Gasteiger partial charge in [-0.25, -0.2) is 9.97 Å². The minimum atomic E-state index is 0.344. The molecule has 0 bridgehead atoms. The van der Waals surface area contributed by atoms with E-state index in [1.807, 2.05) is 0 Å². The van der Waals surface area contributed by atoms with Crippen molar-refractivity contribution >= 4 is 12.1 Å². The summed E-state index contributed by atoms with van der Waals surface area (Å²) < 4.78 is 5.16. The molecular formula is C18H21N3O2. The third kappa shape index (κ3) is 3.50. The molecule has 1 aromatic carbocycles. The van der Waals surface area contributed by atoms with E-state index in [4.69, 9.17) is 4.74 Å². The number of hydrogen-bond donors (Lipinski definition) is 0. The summed E-state index contributed by atoms with van der Waals surface area (Å²) in [5.74, 6) is 1.71. The number of ether oxygens (including phenoxy) is 1. The van der Waals surface area contributed by atoms with Gasteiger partial charge in [-0.2, -0.15) is 0 Å². The highest BCUT2D eigenvalue weighted by atomic mass is 16.5. The zero-order valence-corrected chi connectivity index (χ0v) is 13.3. The Labute approximate surface area is 136 Å². The summed E-state index contributed by atoms with van der Waals surface area (Å²) in [6, 6.07) is 10.6. The zero-order chi connectivity index (χ0) is 16.1. The van der Waals surface area contributed by atoms with Crippen LogP contribution in [0.15, 0.2) is 36.7 Å². The molecule has 0 spiro atoms. The van der Waals surface area contributed by atoms with Crippen LogP contribution in [0.25, 0.3) is 0 Å². The molecule has 23 heavy (non-hydrogen) atoms. The van der Waals surface area contributed by atoms with Gasteiger partial charge in [-0.3, -0.25) is 4.79 Å². The molecular weight excluding hydrogens is 290 g/mol. The first kappa shape index (κ1) is 15.5. The second-order valence-electron chi connectivity index (χ2n) is 5.86. The average Bonchev–Trinajstić information content (AvgIpc) is 2.62. The fourth-order valence-electron chi connectivity index (χ4n) is 3.18. The van der Waals surface area contributed by atoms with E-state index >= 15 is 0 Å². The minimum Gasteiger partial charge on any atom is -0.480 e. The highest BCUT2D eigenvalue weighted by Gasteiger charge is 2.23. The lowest BCUT2D eigenvalue weighted by Crippen LogP contribution is -2.35. The van der Waals surface area contributed by atoms with Gasteiger partial charge in [-0.15, -0.1) is 0 Å². The maximum Gasteiger partial charge on any atom is 0.229 e. The molecule has 0 amide bonds. The van der Waals surface area contributed by atoms with Crippen molar-refractivity contribution in [2.24, 2.45) is 5.92 Å². The van der Waals surface area contributed by atoms with Crippen molar-refractivity contribution < 1.29 is 9.53 Å². The average molecular weight is 311 g/mol. The maximum atomic E-state index is 11.4. The first-order chi connectivity index (χ1) is 11.3. The minimum absolute atomic E-state index is 0.344. The Bertz CT molecular complexity index is 653. The van der Waals surface area contributed by atoms with Crippen LogP contribution < -0.4 is 9.64 Å². The van der Waals surface area contributed by atoms with E-state index in [0.29, 0.717) is 23.2 Å². The molecule has 5 heteroatoms. The van der Waals surface area contributed by atoms with Crippen LogP contribution in [-0.4, -0.2) is 36.5 Å². The standard InChI is InChI=1S/C18H21N3O2/c1-23-18-16(12-22)17(19-13-20-18)21-9-7-15(8-10-21)11-14-5-3-2-4-6-14/h2-6,12-13,15H,7-11H2,1H3. The van der Waals surface area contributed by atoms with Crippen molar-refractivity contribution in [3.8, 4) is 5.88 Å². The van der Waals surface area contributed by atoms with Crippen LogP contribution in [0.3, 0.4) is 0 Å². The van der Waals surface area contributed by atoms with Gasteiger partial charge in [0.25, 0.3) is 0 Å². The fourth-order valence-corrected chi connectivity index (χ4v) is 3.18. The summed E-state index contributed by atoms with van der Waals surface area (Å²) in [5.41, 5.74) is 1.83. The van der Waals surface area contributed by atoms with Crippen LogP contribution in [0.4, 0.5) is 5.82 Å². The number of benzene rings is 1. The third-order valence-electron chi connectivity index (χ3n) is 4.42. The molecule has 1 aliphatic rings. The largest absolute Gasteiger partial charge is 0.480 e. The summed E-state index contributed by atoms with van der Waals surface area (Å²) in [7, 11) is 1.52. The number of aromatic nitrogens is 2. The van der Waals surface area contributed by atoms with Gasteiger partial charge in [0.1, 0.15) is 17.7 Å². The number of hydrogen-bond acceptors (Lipinski definition) is 5. The highest BCUT2D eigenvalue weighted by Crippen LogP contribution is 2.28. The number of piperidine rings is 1. The Morgan fingerprint density at radius 2 is 1.96 bits per heavy atom. The first-order valence-electron chi connectivity index (χ1n) is 7.95. The molecule has 1 aromatic heterocycles. The number of nitrogens with zero attached hydrogens (tertiary/aromatic N) is 3. The predicted octanol–water partition coefficient (Wildman–Crippen LogP) is 2.76. The van der Waals surface area contributed by atoms with Gasteiger partial charge < -0.3 is 9.64 Å². The second kappa shape index (κ2) is 7.22. The molecule has 3 rings (SSSR count). The molecule has 2 aromatic rings. The maximum absolute atomic E-state index is 11.4. The lowest BCUT2D eigenvalue weighted by molar-refractivity contribution is 0.112. The van der Waals surface area contributed by atoms with Crippen LogP contribution in [0.5, 0.6) is 5.88 Å². The molecule has 0 unspecified atom stereocenters. The smallest absolute Gasteiger partial charge is 0.229 e. The molecule has 1 saturated heterocycles. The lowest BCUT2D eigenvalue weighted by atomic mass is 9.90. The molecule has 0 saturated carbocycles. The second-order valence-corrected chi connectivity index (χ2v) is 5.86. The molecule has 0 aliphatic carbocycles. The van der Waals surface area contributed by atoms with Crippen molar-refractivity contribution in [2.45, 2.75) is 19.3 Å². The summed E-state index contributed by atoms with van der Waals surface area (Å²) in [6.45, 7) is 1.80. The molecule has 0 radical (unpaired) electrons. The van der Waals surface area contributed by atoms with Gasteiger partial charge >= 0.3 is 0 Å². The molecule has 0 atom stereocenters. The van der Waals surface area contributed by atoms with Gasteiger partial charge in [0, 0.05) is 13.1 Å². The van der Waals surface area contributed by atoms with Crippen molar-refractivity contribution in [3.63, 3.8) is 0 Å². The van der Waals surface area contributed by atoms with Crippen LogP contribution in [0.2, 0.25) is 0 Å². The molecule has 120 valence electrons. The topological polar surface area (TPSA) is 55.3 Å². The van der Waals surface area contributed by atoms with Gasteiger partial charge in [-0.05, 0) is 30.7 Å². The van der Waals surface area contributed by atoms with Gasteiger partial charge in [0.15, 0.2) is 6.29 Å². The summed E-state index contributed by atoms with van der Waals surface area (Å²) >= 11 is 0. The summed E-state index contributed by atoms with van der Waals surface area (Å²) in [4.78, 5) is 21.8. The number of carbonyl (C=O) groups is 1. The lowest BCUT2D eigenvalue weighted by Gasteiger charge is -2.33. The Balaban J connectivity index is 1.66. The third-order valence-corrected chi connectivity index (χ3v) is 4.42. The Hall–Kier alpha value is -2.43. The van der Waals surface area contributed by atoms with Gasteiger partial charge in [0.2, 0.25) is 5.88 Å². The van der Waals surface area contributed by atoms with Crippen molar-refractivity contribution in [3.05, 3.63) is 47.8 Å². The van der Waals surface area contributed by atoms with Crippen molar-refractivity contribution in [2.75, 3.05) is 25.1 Å². The van der Waals surface area contributed by atoms with Crippen LogP contribution in [-0.2, 0) is 6.42 Å². The zero-order valence-electron chi connectivity index (χ0n) is 13.3. The number of anilines is 1. The van der Waals surface area contributed by atoms with Gasteiger partial charge in [-0.1, -0.05) is 30.3 Å². The van der Waals surface area contributed by atoms with E-state index < -0.39 is 0 Å². The van der Waals surface area contributed by atoms with Crippen LogP contribution in [0, 0.1) is 5.92 Å². The monoisotopic (exact) mass is 311 g/mol. The van der Waals surface area contributed by atoms with E-state index in [-0.39, 0.29) is 0 Å². The van der Waals surface area contributed by atoms with E-state index in [1.165, 1.54) is 19.0 Å². The van der Waals surface area contributed by atoms with E-state index in [1.54, 1.807) is 0 Å².